The molecule has 0 unspecified atom stereocenters. The number of rotatable bonds is 4. The summed E-state index contributed by atoms with van der Waals surface area (Å²) in [6, 6.07) is 3.29. The van der Waals surface area contributed by atoms with Gasteiger partial charge in [0.05, 0.1) is 11.3 Å². The van der Waals surface area contributed by atoms with Crippen LogP contribution in [-0.4, -0.2) is 24.0 Å². The summed E-state index contributed by atoms with van der Waals surface area (Å²) in [5.74, 6) is -8.81. The monoisotopic (exact) mass is 521 g/mol. The molecular weight excluding hydrogens is 511 g/mol. The average molecular weight is 522 g/mol. The fourth-order valence-electron chi connectivity index (χ4n) is 2.69. The summed E-state index contributed by atoms with van der Waals surface area (Å²) in [5.41, 5.74) is -2.99. The molecule has 3 rings (SSSR count). The van der Waals surface area contributed by atoms with Crippen molar-refractivity contribution in [1.82, 2.24) is 10.3 Å². The van der Waals surface area contributed by atoms with Gasteiger partial charge in [0.15, 0.2) is 11.6 Å². The first kappa shape index (κ1) is 25.7. The average Bonchev–Trinajstić information content (AvgIpc) is 2.77. The molecule has 2 aromatic carbocycles. The van der Waals surface area contributed by atoms with E-state index in [9.17, 15) is 40.3 Å². The van der Waals surface area contributed by atoms with E-state index in [2.05, 4.69) is 4.98 Å². The van der Waals surface area contributed by atoms with Crippen LogP contribution in [-0.2, 0) is 6.18 Å². The van der Waals surface area contributed by atoms with E-state index >= 15 is 0 Å². The number of benzene rings is 2. The van der Waals surface area contributed by atoms with Crippen molar-refractivity contribution in [3.05, 3.63) is 82.0 Å². The number of urea groups is 1. The van der Waals surface area contributed by atoms with Crippen molar-refractivity contribution < 1.29 is 45.1 Å². The van der Waals surface area contributed by atoms with E-state index in [1.807, 2.05) is 0 Å². The number of halogens is 8. The number of amides is 3. The molecule has 0 aliphatic carbocycles. The van der Waals surface area contributed by atoms with E-state index in [1.54, 1.807) is 5.32 Å². The number of alkyl halides is 3. The Morgan fingerprint density at radius 1 is 1.03 bits per heavy atom. The number of nitrogens with one attached hydrogen (secondary N) is 1. The standard InChI is InChI=1S/C21H11ClF7N3O3/c1-32(20(34)31-18(33)15-11(23)3-2-4-12(15)24)13-5-6-14(17(26)16(13)25)35-19-10(22)7-9(8-30-19)21(27,28)29/h2-8H,1H3,(H,31,33,34). The van der Waals surface area contributed by atoms with Crippen molar-refractivity contribution >= 4 is 29.2 Å². The Bertz CT molecular complexity index is 1300. The normalized spacial score (nSPS) is 11.2. The third kappa shape index (κ3) is 5.45. The van der Waals surface area contributed by atoms with Gasteiger partial charge in [-0.05, 0) is 30.3 Å². The maximum Gasteiger partial charge on any atom is 0.417 e. The topological polar surface area (TPSA) is 71.5 Å². The van der Waals surface area contributed by atoms with Crippen LogP contribution in [0.5, 0.6) is 11.6 Å². The molecule has 0 atom stereocenters. The Kier molecular flexibility index (Phi) is 7.19. The van der Waals surface area contributed by atoms with Crippen molar-refractivity contribution in [1.29, 1.82) is 0 Å². The molecule has 0 aliphatic heterocycles. The highest BCUT2D eigenvalue weighted by Crippen LogP contribution is 2.36. The number of aromatic nitrogens is 1. The molecule has 0 saturated carbocycles. The Labute approximate surface area is 196 Å². The van der Waals surface area contributed by atoms with Gasteiger partial charge in [-0.2, -0.15) is 17.6 Å². The Morgan fingerprint density at radius 3 is 2.23 bits per heavy atom. The Balaban J connectivity index is 1.80. The summed E-state index contributed by atoms with van der Waals surface area (Å²) < 4.78 is 99.6. The molecule has 0 aliphatic rings. The van der Waals surface area contributed by atoms with E-state index in [-0.39, 0.29) is 0 Å². The van der Waals surface area contributed by atoms with E-state index in [1.165, 1.54) is 0 Å². The minimum Gasteiger partial charge on any atom is -0.434 e. The van der Waals surface area contributed by atoms with Gasteiger partial charge in [0, 0.05) is 13.2 Å². The third-order valence-electron chi connectivity index (χ3n) is 4.44. The summed E-state index contributed by atoms with van der Waals surface area (Å²) in [5, 5.41) is 0.991. The molecule has 3 amide bonds. The zero-order valence-corrected chi connectivity index (χ0v) is 17.9. The van der Waals surface area contributed by atoms with Crippen molar-refractivity contribution in [3.8, 4) is 11.6 Å². The summed E-state index contributed by atoms with van der Waals surface area (Å²) >= 11 is 5.67. The van der Waals surface area contributed by atoms with Gasteiger partial charge in [0.25, 0.3) is 5.91 Å². The lowest BCUT2D eigenvalue weighted by atomic mass is 10.2. The first-order valence-corrected chi connectivity index (χ1v) is 9.60. The van der Waals surface area contributed by atoms with Crippen LogP contribution in [0.1, 0.15) is 15.9 Å². The highest BCUT2D eigenvalue weighted by atomic mass is 35.5. The van der Waals surface area contributed by atoms with E-state index in [0.29, 0.717) is 17.2 Å². The van der Waals surface area contributed by atoms with Gasteiger partial charge < -0.3 is 4.74 Å². The molecule has 1 N–H and O–H groups in total. The van der Waals surface area contributed by atoms with Gasteiger partial charge in [-0.1, -0.05) is 17.7 Å². The molecule has 1 heterocycles. The first-order chi connectivity index (χ1) is 16.3. The molecule has 0 radical (unpaired) electrons. The van der Waals surface area contributed by atoms with Crippen LogP contribution in [0.25, 0.3) is 0 Å². The highest BCUT2D eigenvalue weighted by Gasteiger charge is 2.32. The van der Waals surface area contributed by atoms with Gasteiger partial charge in [-0.15, -0.1) is 0 Å². The summed E-state index contributed by atoms with van der Waals surface area (Å²) in [4.78, 5) is 28.1. The number of hydrogen-bond acceptors (Lipinski definition) is 4. The van der Waals surface area contributed by atoms with Gasteiger partial charge in [-0.25, -0.2) is 22.9 Å². The van der Waals surface area contributed by atoms with Crippen LogP contribution >= 0.6 is 11.6 Å². The second-order valence-electron chi connectivity index (χ2n) is 6.74. The largest absolute Gasteiger partial charge is 0.434 e. The van der Waals surface area contributed by atoms with Crippen LogP contribution in [0.3, 0.4) is 0 Å². The van der Waals surface area contributed by atoms with E-state index < -0.39 is 74.8 Å². The lowest BCUT2D eigenvalue weighted by molar-refractivity contribution is -0.137. The van der Waals surface area contributed by atoms with Gasteiger partial charge in [0.2, 0.25) is 11.7 Å². The summed E-state index contributed by atoms with van der Waals surface area (Å²) in [6.07, 6.45) is -4.38. The lowest BCUT2D eigenvalue weighted by Crippen LogP contribution is -2.41. The number of anilines is 1. The molecule has 0 fully saturated rings. The van der Waals surface area contributed by atoms with E-state index in [0.717, 1.165) is 37.4 Å². The molecule has 184 valence electrons. The number of nitrogens with zero attached hydrogens (tertiary/aromatic N) is 2. The fraction of sp³-hybridized carbons (Fsp3) is 0.0952. The lowest BCUT2D eigenvalue weighted by Gasteiger charge is -2.19. The van der Waals surface area contributed by atoms with Gasteiger partial charge in [0.1, 0.15) is 22.2 Å². The van der Waals surface area contributed by atoms with Gasteiger partial charge in [-0.3, -0.25) is 15.0 Å². The van der Waals surface area contributed by atoms with Crippen LogP contribution in [0, 0.1) is 23.3 Å². The number of hydrogen-bond donors (Lipinski definition) is 1. The third-order valence-corrected chi connectivity index (χ3v) is 4.71. The van der Waals surface area contributed by atoms with Crippen LogP contribution < -0.4 is 15.0 Å². The fourth-order valence-corrected chi connectivity index (χ4v) is 2.89. The van der Waals surface area contributed by atoms with Crippen LogP contribution in [0.2, 0.25) is 5.02 Å². The molecule has 1 aromatic heterocycles. The predicted octanol–water partition coefficient (Wildman–Crippen LogP) is 6.09. The molecular formula is C21H11ClF7N3O3. The van der Waals surface area contributed by atoms with Crippen molar-refractivity contribution in [2.45, 2.75) is 6.18 Å². The molecule has 0 bridgehead atoms. The predicted molar refractivity (Wildman–Crippen MR) is 108 cm³/mol. The highest BCUT2D eigenvalue weighted by molar-refractivity contribution is 6.31. The van der Waals surface area contributed by atoms with Crippen molar-refractivity contribution in [3.63, 3.8) is 0 Å². The van der Waals surface area contributed by atoms with Crippen molar-refractivity contribution in [2.24, 2.45) is 0 Å². The minimum atomic E-state index is -4.75. The summed E-state index contributed by atoms with van der Waals surface area (Å²) in [7, 11) is 0.924. The molecule has 0 saturated heterocycles. The zero-order valence-electron chi connectivity index (χ0n) is 17.2. The van der Waals surface area contributed by atoms with Crippen molar-refractivity contribution in [2.75, 3.05) is 11.9 Å². The molecule has 14 heteroatoms. The van der Waals surface area contributed by atoms with E-state index in [4.69, 9.17) is 16.3 Å². The summed E-state index contributed by atoms with van der Waals surface area (Å²) in [6.45, 7) is 0. The maximum absolute atomic E-state index is 14.6. The second kappa shape index (κ2) is 9.78. The number of imide groups is 1. The van der Waals surface area contributed by atoms with Crippen LogP contribution in [0.4, 0.5) is 41.2 Å². The number of carbonyl (C=O) groups excluding carboxylic acids is 2. The molecule has 0 spiro atoms. The molecule has 3 aromatic rings. The Hall–Kier alpha value is -3.87. The number of pyridine rings is 1. The second-order valence-corrected chi connectivity index (χ2v) is 7.14. The smallest absolute Gasteiger partial charge is 0.417 e. The zero-order chi connectivity index (χ0) is 26.1. The number of ether oxygens (including phenoxy) is 1. The number of carbonyl (C=O) groups is 2. The quantitative estimate of drug-likeness (QED) is 0.422. The maximum atomic E-state index is 14.6. The van der Waals surface area contributed by atoms with Gasteiger partial charge >= 0.3 is 12.2 Å². The SMILES string of the molecule is CN(C(=O)NC(=O)c1c(F)cccc1F)c1ccc(Oc2ncc(C(F)(F)F)cc2Cl)c(F)c1F. The molecule has 6 nitrogen and oxygen atoms in total. The Morgan fingerprint density at radius 2 is 1.66 bits per heavy atom. The first-order valence-electron chi connectivity index (χ1n) is 9.23. The molecule has 35 heavy (non-hydrogen) atoms. The van der Waals surface area contributed by atoms with Crippen LogP contribution in [0.15, 0.2) is 42.6 Å². The minimum absolute atomic E-state index is 0.372.